The van der Waals surface area contributed by atoms with Crippen LogP contribution >= 0.6 is 0 Å². The number of nitrogens with zero attached hydrogens (tertiary/aromatic N) is 3. The molecule has 0 N–H and O–H groups in total. The van der Waals surface area contributed by atoms with Crippen LogP contribution in [0, 0.1) is 23.2 Å². The monoisotopic (exact) mass is 433 g/mol. The summed E-state index contributed by atoms with van der Waals surface area (Å²) in [5, 5.41) is 9.06. The molecule has 1 aliphatic rings. The molecule has 0 atom stereocenters. The largest absolute Gasteiger partial charge is 0.324 e. The smallest absolute Gasteiger partial charge is 0.141 e. The Morgan fingerprint density at radius 1 is 0.879 bits per heavy atom. The number of imidazole rings is 1. The third kappa shape index (κ3) is 4.71. The lowest BCUT2D eigenvalue weighted by atomic mass is 9.83. The Morgan fingerprint density at radius 2 is 1.61 bits per heavy atom. The maximum absolute atomic E-state index is 9.06. The summed E-state index contributed by atoms with van der Waals surface area (Å²) < 4.78 is 2.48. The van der Waals surface area contributed by atoms with Gasteiger partial charge in [0.25, 0.3) is 0 Å². The highest BCUT2D eigenvalue weighted by Crippen LogP contribution is 2.34. The molecule has 3 aromatic carbocycles. The van der Waals surface area contributed by atoms with E-state index in [0.29, 0.717) is 5.56 Å². The lowest BCUT2D eigenvalue weighted by molar-refractivity contribution is 0.267. The number of hydrogen-bond donors (Lipinski definition) is 0. The first kappa shape index (κ1) is 21.5. The van der Waals surface area contributed by atoms with Crippen LogP contribution in [0.25, 0.3) is 22.4 Å². The molecule has 0 spiro atoms. The molecule has 0 radical (unpaired) electrons. The number of benzene rings is 3. The Morgan fingerprint density at radius 3 is 2.39 bits per heavy atom. The summed E-state index contributed by atoms with van der Waals surface area (Å²) in [5.74, 6) is 2.69. The lowest BCUT2D eigenvalue weighted by Gasteiger charge is -2.27. The fraction of sp³-hybridized carbons (Fsp3) is 0.333. The number of aryl methyl sites for hydroxylation is 2. The highest BCUT2D eigenvalue weighted by molar-refractivity contribution is 5.81. The predicted molar refractivity (Wildman–Crippen MR) is 135 cm³/mol. The van der Waals surface area contributed by atoms with Crippen LogP contribution in [0.2, 0.25) is 0 Å². The molecule has 0 aliphatic heterocycles. The molecular weight excluding hydrogens is 402 g/mol. The molecule has 33 heavy (non-hydrogen) atoms. The molecule has 4 aromatic rings. The summed E-state index contributed by atoms with van der Waals surface area (Å²) in [7, 11) is 0. The molecule has 0 bridgehead atoms. The van der Waals surface area contributed by atoms with Gasteiger partial charge in [-0.1, -0.05) is 68.3 Å². The van der Waals surface area contributed by atoms with E-state index in [1.165, 1.54) is 47.9 Å². The van der Waals surface area contributed by atoms with Gasteiger partial charge < -0.3 is 4.57 Å². The van der Waals surface area contributed by atoms with Gasteiger partial charge in [0, 0.05) is 12.1 Å². The standard InChI is InChI=1S/C30H31N3/c1-22-10-12-25(13-11-22)21-33-29-9-5-4-8-28(29)32-30(33)27-7-3-2-6-26(27)19-18-23-14-16-24(20-31)17-15-23/h2-9,14-17,22,25H,10-13,18-19,21H2,1H3. The van der Waals surface area contributed by atoms with Crippen LogP contribution in [0.3, 0.4) is 0 Å². The first-order chi connectivity index (χ1) is 16.2. The maximum Gasteiger partial charge on any atom is 0.141 e. The maximum atomic E-state index is 9.06. The van der Waals surface area contributed by atoms with Gasteiger partial charge in [-0.2, -0.15) is 5.26 Å². The highest BCUT2D eigenvalue weighted by Gasteiger charge is 2.22. The molecule has 0 amide bonds. The Kier molecular flexibility index (Phi) is 6.26. The third-order valence-corrected chi connectivity index (χ3v) is 7.26. The second kappa shape index (κ2) is 9.63. The molecule has 5 rings (SSSR count). The minimum Gasteiger partial charge on any atom is -0.324 e. The van der Waals surface area contributed by atoms with Gasteiger partial charge >= 0.3 is 0 Å². The fourth-order valence-electron chi connectivity index (χ4n) is 5.22. The van der Waals surface area contributed by atoms with Crippen LogP contribution in [0.4, 0.5) is 0 Å². The van der Waals surface area contributed by atoms with E-state index in [2.05, 4.69) is 78.2 Å². The Labute approximate surface area is 196 Å². The van der Waals surface area contributed by atoms with Crippen molar-refractivity contribution < 1.29 is 0 Å². The Balaban J connectivity index is 1.47. The molecule has 1 aliphatic carbocycles. The Hall–Kier alpha value is -3.38. The first-order valence-electron chi connectivity index (χ1n) is 12.2. The van der Waals surface area contributed by atoms with Gasteiger partial charge in [0.2, 0.25) is 0 Å². The van der Waals surface area contributed by atoms with E-state index in [9.17, 15) is 0 Å². The zero-order valence-corrected chi connectivity index (χ0v) is 19.4. The van der Waals surface area contributed by atoms with Crippen molar-refractivity contribution in [3.8, 4) is 17.5 Å². The van der Waals surface area contributed by atoms with Crippen LogP contribution in [0.5, 0.6) is 0 Å². The third-order valence-electron chi connectivity index (χ3n) is 7.26. The first-order valence-corrected chi connectivity index (χ1v) is 12.2. The van der Waals surface area contributed by atoms with Crippen molar-refractivity contribution in [3.05, 3.63) is 89.5 Å². The Bertz CT molecular complexity index is 1270. The number of rotatable bonds is 6. The summed E-state index contributed by atoms with van der Waals surface area (Å²) in [6, 6.07) is 27.5. The average Bonchev–Trinajstić information content (AvgIpc) is 3.23. The van der Waals surface area contributed by atoms with E-state index in [4.69, 9.17) is 10.2 Å². The van der Waals surface area contributed by atoms with Gasteiger partial charge in [-0.25, -0.2) is 4.98 Å². The van der Waals surface area contributed by atoms with Gasteiger partial charge in [-0.15, -0.1) is 0 Å². The van der Waals surface area contributed by atoms with Gasteiger partial charge in [-0.3, -0.25) is 0 Å². The van der Waals surface area contributed by atoms with E-state index in [0.717, 1.165) is 42.6 Å². The summed E-state index contributed by atoms with van der Waals surface area (Å²) in [6.07, 6.45) is 7.21. The minimum atomic E-state index is 0.713. The number of aromatic nitrogens is 2. The quantitative estimate of drug-likeness (QED) is 0.323. The van der Waals surface area contributed by atoms with E-state index in [1.54, 1.807) is 0 Å². The van der Waals surface area contributed by atoms with Gasteiger partial charge in [-0.05, 0) is 72.9 Å². The van der Waals surface area contributed by atoms with E-state index >= 15 is 0 Å². The predicted octanol–water partition coefficient (Wildman–Crippen LogP) is 7.19. The van der Waals surface area contributed by atoms with Crippen LogP contribution in [-0.2, 0) is 19.4 Å². The minimum absolute atomic E-state index is 0.713. The summed E-state index contributed by atoms with van der Waals surface area (Å²) in [6.45, 7) is 3.44. The zero-order valence-electron chi connectivity index (χ0n) is 19.4. The van der Waals surface area contributed by atoms with Crippen molar-refractivity contribution in [3.63, 3.8) is 0 Å². The van der Waals surface area contributed by atoms with Gasteiger partial charge in [0.1, 0.15) is 5.82 Å². The van der Waals surface area contributed by atoms with Gasteiger partial charge in [0.05, 0.1) is 22.7 Å². The van der Waals surface area contributed by atoms with Crippen molar-refractivity contribution in [1.82, 2.24) is 9.55 Å². The van der Waals surface area contributed by atoms with Crippen molar-refractivity contribution in [2.45, 2.75) is 52.0 Å². The van der Waals surface area contributed by atoms with E-state index < -0.39 is 0 Å². The topological polar surface area (TPSA) is 41.6 Å². The molecule has 1 fully saturated rings. The molecule has 0 unspecified atom stereocenters. The zero-order chi connectivity index (χ0) is 22.6. The average molecular weight is 434 g/mol. The summed E-state index contributed by atoms with van der Waals surface area (Å²) in [4.78, 5) is 5.13. The highest BCUT2D eigenvalue weighted by atomic mass is 15.1. The van der Waals surface area contributed by atoms with Crippen LogP contribution < -0.4 is 0 Å². The second-order valence-electron chi connectivity index (χ2n) is 9.63. The second-order valence-corrected chi connectivity index (χ2v) is 9.63. The molecule has 3 heteroatoms. The molecule has 3 nitrogen and oxygen atoms in total. The van der Waals surface area contributed by atoms with Crippen LogP contribution in [0.1, 0.15) is 49.3 Å². The summed E-state index contributed by atoms with van der Waals surface area (Å²) in [5.41, 5.74) is 6.87. The molecule has 166 valence electrons. The number of hydrogen-bond acceptors (Lipinski definition) is 2. The molecular formula is C30H31N3. The molecule has 1 aromatic heterocycles. The number of fused-ring (bicyclic) bond motifs is 1. The van der Waals surface area contributed by atoms with Crippen molar-refractivity contribution in [2.24, 2.45) is 11.8 Å². The van der Waals surface area contributed by atoms with E-state index in [1.807, 2.05) is 12.1 Å². The molecule has 1 saturated carbocycles. The number of para-hydroxylation sites is 2. The van der Waals surface area contributed by atoms with Crippen molar-refractivity contribution in [1.29, 1.82) is 5.26 Å². The number of nitriles is 1. The van der Waals surface area contributed by atoms with E-state index in [-0.39, 0.29) is 0 Å². The SMILES string of the molecule is CC1CCC(Cn2c(-c3ccccc3CCc3ccc(C#N)cc3)nc3ccccc32)CC1. The normalized spacial score (nSPS) is 18.3. The van der Waals surface area contributed by atoms with Crippen molar-refractivity contribution in [2.75, 3.05) is 0 Å². The lowest BCUT2D eigenvalue weighted by Crippen LogP contribution is -2.18. The van der Waals surface area contributed by atoms with Crippen molar-refractivity contribution >= 4 is 11.0 Å². The van der Waals surface area contributed by atoms with Gasteiger partial charge in [0.15, 0.2) is 0 Å². The summed E-state index contributed by atoms with van der Waals surface area (Å²) >= 11 is 0. The fourth-order valence-corrected chi connectivity index (χ4v) is 5.22. The van der Waals surface area contributed by atoms with Crippen LogP contribution in [-0.4, -0.2) is 9.55 Å². The molecule has 0 saturated heterocycles. The molecule has 1 heterocycles. The van der Waals surface area contributed by atoms with Crippen LogP contribution in [0.15, 0.2) is 72.8 Å².